The number of β-lactam (4-membered cyclic amide) rings is 1. The molecule has 202 valence electrons. The van der Waals surface area contributed by atoms with Crippen LogP contribution in [-0.4, -0.2) is 95.7 Å². The minimum absolute atomic E-state index is 0.0102. The number of aromatic nitrogens is 3. The van der Waals surface area contributed by atoms with Gasteiger partial charge in [-0.15, -0.1) is 16.9 Å². The smallest absolute Gasteiger partial charge is 0.408 e. The van der Waals surface area contributed by atoms with Gasteiger partial charge in [0.2, 0.25) is 5.91 Å². The first-order valence-electron chi connectivity index (χ1n) is 11.7. The quantitative estimate of drug-likeness (QED) is 0.348. The molecule has 2 amide bonds. The first kappa shape index (κ1) is 28.2. The third-order valence-corrected chi connectivity index (χ3v) is 7.05. The lowest BCUT2D eigenvalue weighted by atomic mass is 10.1. The van der Waals surface area contributed by atoms with Crippen LogP contribution in [0.25, 0.3) is 0 Å². The number of rotatable bonds is 6. The van der Waals surface area contributed by atoms with Crippen molar-refractivity contribution in [2.24, 2.45) is 0 Å². The molecule has 5 atom stereocenters. The van der Waals surface area contributed by atoms with Crippen LogP contribution in [0.3, 0.4) is 0 Å². The van der Waals surface area contributed by atoms with E-state index in [-0.39, 0.29) is 29.2 Å². The van der Waals surface area contributed by atoms with Crippen molar-refractivity contribution in [3.8, 4) is 0 Å². The monoisotopic (exact) mass is 529 g/mol. The lowest BCUT2D eigenvalue weighted by Gasteiger charge is -2.41. The number of carbonyl (C=O) groups excluding carboxylic acids is 3. The molecule has 3 N–H and O–H groups in total. The highest BCUT2D eigenvalue weighted by atomic mass is 32.2. The van der Waals surface area contributed by atoms with Crippen molar-refractivity contribution in [3.63, 3.8) is 0 Å². The van der Waals surface area contributed by atoms with Gasteiger partial charge in [0.1, 0.15) is 29.3 Å². The fraction of sp³-hybridized carbons (Fsp3) is 0.773. The minimum Gasteiger partial charge on any atom is -0.461 e. The van der Waals surface area contributed by atoms with E-state index in [0.29, 0.717) is 25.0 Å². The Labute approximate surface area is 213 Å². The zero-order valence-electron chi connectivity index (χ0n) is 21.1. The number of ether oxygens (including phenoxy) is 3. The molecule has 3 aliphatic heterocycles. The Balaban J connectivity index is 0.000000201. The van der Waals surface area contributed by atoms with Crippen molar-refractivity contribution in [2.75, 3.05) is 13.2 Å². The van der Waals surface area contributed by atoms with Gasteiger partial charge in [-0.3, -0.25) is 9.59 Å². The summed E-state index contributed by atoms with van der Waals surface area (Å²) in [5.41, 5.74) is -0.0510. The summed E-state index contributed by atoms with van der Waals surface area (Å²) in [5, 5.41) is 29.1. The van der Waals surface area contributed by atoms with Crippen LogP contribution in [0.4, 0.5) is 4.79 Å². The lowest BCUT2D eigenvalue weighted by molar-refractivity contribution is -0.146. The molecule has 0 aromatic carbocycles. The largest absolute Gasteiger partial charge is 0.461 e. The minimum atomic E-state index is -0.543. The lowest BCUT2D eigenvalue weighted by Crippen LogP contribution is -2.67. The molecule has 4 rings (SSSR count). The van der Waals surface area contributed by atoms with Gasteiger partial charge >= 0.3 is 6.09 Å². The Morgan fingerprint density at radius 2 is 2.11 bits per heavy atom. The van der Waals surface area contributed by atoms with Gasteiger partial charge in [0, 0.05) is 24.1 Å². The van der Waals surface area contributed by atoms with E-state index in [1.807, 2.05) is 4.90 Å². The van der Waals surface area contributed by atoms with Crippen LogP contribution in [0, 0.1) is 0 Å². The van der Waals surface area contributed by atoms with E-state index in [1.54, 1.807) is 38.7 Å². The number of nitrogens with one attached hydrogen (secondary N) is 1. The van der Waals surface area contributed by atoms with Crippen molar-refractivity contribution in [1.29, 1.82) is 0 Å². The SMILES string of the molecule is CC(C)(C)OC(=O)NC1C(=O)N2CC(C)(C)SC12.O=COCc1cn(C2CC(O)CC(CO)O2)nn1. The summed E-state index contributed by atoms with van der Waals surface area (Å²) in [7, 11) is 0. The molecule has 13 nitrogen and oxygen atoms in total. The van der Waals surface area contributed by atoms with E-state index in [1.165, 1.54) is 4.68 Å². The molecule has 14 heteroatoms. The van der Waals surface area contributed by atoms with Gasteiger partial charge in [0.15, 0.2) is 6.23 Å². The molecule has 36 heavy (non-hydrogen) atoms. The molecule has 0 aliphatic carbocycles. The number of alkyl carbamates (subject to hydrolysis) is 1. The fourth-order valence-corrected chi connectivity index (χ4v) is 5.55. The number of hydrogen-bond donors (Lipinski definition) is 3. The van der Waals surface area contributed by atoms with Gasteiger partial charge in [-0.1, -0.05) is 5.21 Å². The maximum Gasteiger partial charge on any atom is 0.408 e. The highest BCUT2D eigenvalue weighted by Crippen LogP contribution is 2.46. The number of thioether (sulfide) groups is 1. The van der Waals surface area contributed by atoms with Gasteiger partial charge in [0.25, 0.3) is 6.47 Å². The Hall–Kier alpha value is -2.42. The zero-order valence-corrected chi connectivity index (χ0v) is 21.9. The summed E-state index contributed by atoms with van der Waals surface area (Å²) in [4.78, 5) is 35.4. The maximum absolute atomic E-state index is 11.9. The van der Waals surface area contributed by atoms with Crippen LogP contribution in [-0.2, 0) is 30.4 Å². The van der Waals surface area contributed by atoms with Gasteiger partial charge in [-0.2, -0.15) is 0 Å². The first-order chi connectivity index (χ1) is 16.8. The van der Waals surface area contributed by atoms with E-state index in [9.17, 15) is 19.5 Å². The highest BCUT2D eigenvalue weighted by molar-refractivity contribution is 8.01. The molecule has 0 bridgehead atoms. The van der Waals surface area contributed by atoms with Gasteiger partial charge < -0.3 is 34.6 Å². The molecule has 1 aromatic heterocycles. The van der Waals surface area contributed by atoms with E-state index in [2.05, 4.69) is 34.2 Å². The normalized spacial score (nSPS) is 28.8. The standard InChI is InChI=1S/C12H20N2O3S.C10H15N3O5/c1-11(2,3)17-10(16)13-7-8(15)14-6-12(4,5)18-9(7)14;14-4-9-1-8(16)2-10(18-9)13-3-7(11-12-13)5-17-6-15/h7,9H,6H2,1-5H3,(H,13,16);3,6,8-10,14,16H,1-2,4-5H2. The van der Waals surface area contributed by atoms with Gasteiger partial charge in [-0.05, 0) is 34.6 Å². The Kier molecular flexibility index (Phi) is 8.85. The van der Waals surface area contributed by atoms with Crippen LogP contribution >= 0.6 is 11.8 Å². The molecule has 0 radical (unpaired) electrons. The number of nitrogens with zero attached hydrogens (tertiary/aromatic N) is 4. The summed E-state index contributed by atoms with van der Waals surface area (Å²) in [5.74, 6) is -0.0102. The van der Waals surface area contributed by atoms with Crippen molar-refractivity contribution >= 4 is 30.2 Å². The Morgan fingerprint density at radius 3 is 2.75 bits per heavy atom. The third kappa shape index (κ3) is 7.31. The van der Waals surface area contributed by atoms with Crippen LogP contribution in [0.1, 0.15) is 59.4 Å². The van der Waals surface area contributed by atoms with Crippen molar-refractivity contribution < 1.29 is 38.8 Å². The number of aliphatic hydroxyl groups is 2. The molecule has 3 aliphatic rings. The van der Waals surface area contributed by atoms with E-state index < -0.39 is 36.2 Å². The second kappa shape index (κ2) is 11.3. The predicted octanol–water partition coefficient (Wildman–Crippen LogP) is 0.555. The Bertz CT molecular complexity index is 936. The molecule has 3 fully saturated rings. The molecule has 0 saturated carbocycles. The average molecular weight is 530 g/mol. The van der Waals surface area contributed by atoms with Crippen LogP contribution < -0.4 is 5.32 Å². The fourth-order valence-electron chi connectivity index (χ4n) is 4.06. The molecule has 3 saturated heterocycles. The summed E-state index contributed by atoms with van der Waals surface area (Å²) in [6, 6.07) is -0.438. The number of fused-ring (bicyclic) bond motifs is 1. The summed E-state index contributed by atoms with van der Waals surface area (Å²) >= 11 is 1.72. The molecule has 0 spiro atoms. The number of hydrogen-bond acceptors (Lipinski definition) is 11. The van der Waals surface area contributed by atoms with E-state index >= 15 is 0 Å². The second-order valence-corrected chi connectivity index (χ2v) is 12.3. The molecule has 5 unspecified atom stereocenters. The number of aliphatic hydroxyl groups excluding tert-OH is 2. The van der Waals surface area contributed by atoms with E-state index in [4.69, 9.17) is 14.6 Å². The summed E-state index contributed by atoms with van der Waals surface area (Å²) in [6.45, 7) is 10.6. The van der Waals surface area contributed by atoms with Crippen LogP contribution in [0.2, 0.25) is 0 Å². The number of carbonyl (C=O) groups is 3. The predicted molar refractivity (Wildman–Crippen MR) is 127 cm³/mol. The Morgan fingerprint density at radius 1 is 1.39 bits per heavy atom. The second-order valence-electron chi connectivity index (χ2n) is 10.5. The molecular weight excluding hydrogens is 494 g/mol. The van der Waals surface area contributed by atoms with Crippen LogP contribution in [0.15, 0.2) is 6.20 Å². The zero-order chi connectivity index (χ0) is 26.7. The number of amides is 2. The van der Waals surface area contributed by atoms with Crippen molar-refractivity contribution in [3.05, 3.63) is 11.9 Å². The molecular formula is C22H35N5O8S. The molecule has 4 heterocycles. The van der Waals surface area contributed by atoms with Gasteiger partial charge in [0.05, 0.1) is 25.0 Å². The van der Waals surface area contributed by atoms with Crippen molar-refractivity contribution in [2.45, 2.75) is 94.3 Å². The van der Waals surface area contributed by atoms with Crippen molar-refractivity contribution in [1.82, 2.24) is 25.2 Å². The van der Waals surface area contributed by atoms with E-state index in [0.717, 1.165) is 6.54 Å². The summed E-state index contributed by atoms with van der Waals surface area (Å²) < 4.78 is 16.8. The topological polar surface area (TPSA) is 165 Å². The maximum atomic E-state index is 11.9. The first-order valence-corrected chi connectivity index (χ1v) is 12.6. The highest BCUT2D eigenvalue weighted by Gasteiger charge is 2.56. The molecule has 1 aromatic rings. The average Bonchev–Trinajstić information content (AvgIpc) is 3.37. The third-order valence-electron chi connectivity index (χ3n) is 5.52. The summed E-state index contributed by atoms with van der Waals surface area (Å²) in [6.07, 6.45) is 0.434. The van der Waals surface area contributed by atoms with Gasteiger partial charge in [-0.25, -0.2) is 9.48 Å². The van der Waals surface area contributed by atoms with Crippen LogP contribution in [0.5, 0.6) is 0 Å².